The van der Waals surface area contributed by atoms with Gasteiger partial charge in [0.2, 0.25) is 0 Å². The Bertz CT molecular complexity index is 389. The second-order valence-corrected chi connectivity index (χ2v) is 4.12. The zero-order valence-electron chi connectivity index (χ0n) is 12.0. The molecule has 0 N–H and O–H groups in total. The monoisotopic (exact) mass is 265 g/mol. The molecule has 0 heterocycles. The van der Waals surface area contributed by atoms with E-state index in [9.17, 15) is 4.79 Å². The predicted octanol–water partition coefficient (Wildman–Crippen LogP) is 2.58. The molecular weight excluding hydrogens is 242 g/mol. The molecule has 0 radical (unpaired) electrons. The molecular formula is C15H23NO3. The molecule has 0 aliphatic rings. The van der Waals surface area contributed by atoms with Gasteiger partial charge in [0, 0.05) is 6.54 Å². The minimum Gasteiger partial charge on any atom is -0.492 e. The van der Waals surface area contributed by atoms with Crippen LogP contribution in [0.4, 0.5) is 0 Å². The van der Waals surface area contributed by atoms with Crippen molar-refractivity contribution in [1.82, 2.24) is 4.90 Å². The van der Waals surface area contributed by atoms with Crippen LogP contribution in [0.25, 0.3) is 0 Å². The molecule has 0 fully saturated rings. The summed E-state index contributed by atoms with van der Waals surface area (Å²) in [4.78, 5) is 13.9. The van der Waals surface area contributed by atoms with Crippen LogP contribution in [0.1, 0.15) is 31.1 Å². The van der Waals surface area contributed by atoms with Crippen LogP contribution in [0.15, 0.2) is 24.3 Å². The zero-order valence-corrected chi connectivity index (χ0v) is 12.0. The van der Waals surface area contributed by atoms with Crippen LogP contribution in [0, 0.1) is 0 Å². The van der Waals surface area contributed by atoms with E-state index in [2.05, 4.69) is 18.7 Å². The normalized spacial score (nSPS) is 10.5. The number of rotatable bonds is 8. The van der Waals surface area contributed by atoms with Crippen molar-refractivity contribution in [3.8, 4) is 5.75 Å². The van der Waals surface area contributed by atoms with Crippen molar-refractivity contribution >= 4 is 5.97 Å². The minimum atomic E-state index is -0.309. The number of hydrogen-bond acceptors (Lipinski definition) is 4. The first kappa shape index (κ1) is 15.5. The Labute approximate surface area is 115 Å². The fraction of sp³-hybridized carbons (Fsp3) is 0.533. The molecule has 0 aliphatic carbocycles. The van der Waals surface area contributed by atoms with E-state index in [-0.39, 0.29) is 5.97 Å². The molecule has 19 heavy (non-hydrogen) atoms. The van der Waals surface area contributed by atoms with Crippen molar-refractivity contribution in [3.63, 3.8) is 0 Å². The molecule has 106 valence electrons. The van der Waals surface area contributed by atoms with E-state index in [1.54, 1.807) is 25.1 Å². The van der Waals surface area contributed by atoms with Crippen LogP contribution < -0.4 is 4.74 Å². The molecule has 0 aromatic heterocycles. The molecule has 1 aromatic carbocycles. The third-order valence-corrected chi connectivity index (χ3v) is 2.92. The second-order valence-electron chi connectivity index (χ2n) is 4.12. The van der Waals surface area contributed by atoms with Crippen LogP contribution in [0.3, 0.4) is 0 Å². The number of likely N-dealkylation sites (N-methyl/N-ethyl adjacent to an activating group) is 1. The lowest BCUT2D eigenvalue weighted by Crippen LogP contribution is -2.27. The van der Waals surface area contributed by atoms with Crippen LogP contribution in [0.5, 0.6) is 5.75 Å². The van der Waals surface area contributed by atoms with E-state index < -0.39 is 0 Å². The molecule has 0 unspecified atom stereocenters. The topological polar surface area (TPSA) is 38.8 Å². The average Bonchev–Trinajstić information content (AvgIpc) is 2.44. The highest BCUT2D eigenvalue weighted by atomic mass is 16.5. The summed E-state index contributed by atoms with van der Waals surface area (Å²) in [5, 5.41) is 0. The summed E-state index contributed by atoms with van der Waals surface area (Å²) in [5.74, 6) is 0.398. The average molecular weight is 265 g/mol. The predicted molar refractivity (Wildman–Crippen MR) is 75.7 cm³/mol. The summed E-state index contributed by atoms with van der Waals surface area (Å²) in [7, 11) is 0. The molecule has 0 atom stereocenters. The van der Waals surface area contributed by atoms with Gasteiger partial charge in [-0.3, -0.25) is 0 Å². The van der Waals surface area contributed by atoms with Gasteiger partial charge in [-0.2, -0.15) is 0 Å². The van der Waals surface area contributed by atoms with E-state index in [0.717, 1.165) is 19.6 Å². The van der Waals surface area contributed by atoms with Gasteiger partial charge in [-0.05, 0) is 38.2 Å². The molecule has 4 nitrogen and oxygen atoms in total. The van der Waals surface area contributed by atoms with Crippen molar-refractivity contribution in [2.75, 3.05) is 32.8 Å². The van der Waals surface area contributed by atoms with Crippen molar-refractivity contribution in [2.45, 2.75) is 20.8 Å². The fourth-order valence-electron chi connectivity index (χ4n) is 1.76. The summed E-state index contributed by atoms with van der Waals surface area (Å²) < 4.78 is 10.6. The molecule has 4 heteroatoms. The van der Waals surface area contributed by atoms with Gasteiger partial charge in [-0.25, -0.2) is 4.79 Å². The first-order chi connectivity index (χ1) is 9.21. The maximum absolute atomic E-state index is 11.6. The molecule has 0 spiro atoms. The van der Waals surface area contributed by atoms with Crippen molar-refractivity contribution in [3.05, 3.63) is 29.8 Å². The fourth-order valence-corrected chi connectivity index (χ4v) is 1.76. The van der Waals surface area contributed by atoms with Gasteiger partial charge in [0.1, 0.15) is 12.4 Å². The third kappa shape index (κ3) is 5.30. The third-order valence-electron chi connectivity index (χ3n) is 2.92. The van der Waals surface area contributed by atoms with E-state index in [1.165, 1.54) is 0 Å². The Morgan fingerprint density at radius 1 is 1.21 bits per heavy atom. The lowest BCUT2D eigenvalue weighted by Gasteiger charge is -2.18. The highest BCUT2D eigenvalue weighted by Crippen LogP contribution is 2.14. The molecule has 0 saturated heterocycles. The van der Waals surface area contributed by atoms with E-state index in [4.69, 9.17) is 9.47 Å². The Kier molecular flexibility index (Phi) is 6.97. The first-order valence-corrected chi connectivity index (χ1v) is 6.83. The highest BCUT2D eigenvalue weighted by molar-refractivity contribution is 5.89. The van der Waals surface area contributed by atoms with Crippen molar-refractivity contribution in [1.29, 1.82) is 0 Å². The van der Waals surface area contributed by atoms with Crippen LogP contribution >= 0.6 is 0 Å². The minimum absolute atomic E-state index is 0.309. The summed E-state index contributed by atoms with van der Waals surface area (Å²) in [6, 6.07) is 7.11. The second kappa shape index (κ2) is 8.53. The number of carbonyl (C=O) groups excluding carboxylic acids is 1. The van der Waals surface area contributed by atoms with Gasteiger partial charge in [0.25, 0.3) is 0 Å². The number of nitrogens with zero attached hydrogens (tertiary/aromatic N) is 1. The summed E-state index contributed by atoms with van der Waals surface area (Å²) in [6.45, 7) is 9.97. The number of hydrogen-bond donors (Lipinski definition) is 0. The van der Waals surface area contributed by atoms with Gasteiger partial charge in [0.05, 0.1) is 12.2 Å². The lowest BCUT2D eigenvalue weighted by atomic mass is 10.2. The summed E-state index contributed by atoms with van der Waals surface area (Å²) in [6.07, 6.45) is 0. The van der Waals surface area contributed by atoms with Gasteiger partial charge in [-0.15, -0.1) is 0 Å². The number of benzene rings is 1. The van der Waals surface area contributed by atoms with Gasteiger partial charge < -0.3 is 14.4 Å². The van der Waals surface area contributed by atoms with Gasteiger partial charge in [-0.1, -0.05) is 19.9 Å². The Hall–Kier alpha value is -1.55. The maximum atomic E-state index is 11.6. The molecule has 1 rings (SSSR count). The van der Waals surface area contributed by atoms with E-state index >= 15 is 0 Å². The Morgan fingerprint density at radius 2 is 1.95 bits per heavy atom. The van der Waals surface area contributed by atoms with Crippen molar-refractivity contribution < 1.29 is 14.3 Å². The number of esters is 1. The quantitative estimate of drug-likeness (QED) is 0.677. The molecule has 0 saturated carbocycles. The molecule has 0 bridgehead atoms. The lowest BCUT2D eigenvalue weighted by molar-refractivity contribution is 0.0526. The smallest absolute Gasteiger partial charge is 0.338 e. The first-order valence-electron chi connectivity index (χ1n) is 6.83. The van der Waals surface area contributed by atoms with Crippen molar-refractivity contribution in [2.24, 2.45) is 0 Å². The molecule has 0 amide bonds. The van der Waals surface area contributed by atoms with Crippen LogP contribution in [-0.4, -0.2) is 43.7 Å². The largest absolute Gasteiger partial charge is 0.492 e. The van der Waals surface area contributed by atoms with E-state index in [0.29, 0.717) is 24.5 Å². The maximum Gasteiger partial charge on any atom is 0.338 e. The standard InChI is InChI=1S/C15H23NO3/c1-4-16(5-2)10-11-19-14-9-7-8-13(12-14)15(17)18-6-3/h7-9,12H,4-6,10-11H2,1-3H3. The van der Waals surface area contributed by atoms with Gasteiger partial charge in [0.15, 0.2) is 0 Å². The SMILES string of the molecule is CCOC(=O)c1cccc(OCCN(CC)CC)c1. The number of ether oxygens (including phenoxy) is 2. The highest BCUT2D eigenvalue weighted by Gasteiger charge is 2.07. The zero-order chi connectivity index (χ0) is 14.1. The van der Waals surface area contributed by atoms with E-state index in [1.807, 2.05) is 6.07 Å². The summed E-state index contributed by atoms with van der Waals surface area (Å²) >= 11 is 0. The Morgan fingerprint density at radius 3 is 2.58 bits per heavy atom. The van der Waals surface area contributed by atoms with Crippen LogP contribution in [0.2, 0.25) is 0 Å². The van der Waals surface area contributed by atoms with Crippen LogP contribution in [-0.2, 0) is 4.74 Å². The molecule has 1 aromatic rings. The Balaban J connectivity index is 2.50. The summed E-state index contributed by atoms with van der Waals surface area (Å²) in [5.41, 5.74) is 0.530. The molecule has 0 aliphatic heterocycles. The van der Waals surface area contributed by atoms with Gasteiger partial charge >= 0.3 is 5.97 Å². The number of carbonyl (C=O) groups is 1.